The summed E-state index contributed by atoms with van der Waals surface area (Å²) < 4.78 is 10.5. The quantitative estimate of drug-likeness (QED) is 0.541. The summed E-state index contributed by atoms with van der Waals surface area (Å²) in [6.07, 6.45) is 1.86. The van der Waals surface area contributed by atoms with E-state index in [9.17, 15) is 0 Å². The van der Waals surface area contributed by atoms with E-state index in [1.54, 1.807) is 5.41 Å². The van der Waals surface area contributed by atoms with Crippen LogP contribution in [0.25, 0.3) is 0 Å². The number of ether oxygens (including phenoxy) is 2. The van der Waals surface area contributed by atoms with E-state index in [1.807, 2.05) is 13.0 Å². The van der Waals surface area contributed by atoms with Gasteiger partial charge in [-0.05, 0) is 13.0 Å². The van der Waals surface area contributed by atoms with E-state index in [2.05, 4.69) is 12.6 Å². The predicted molar refractivity (Wildman–Crippen MR) is 42.7 cm³/mol. The largest absolute Gasteiger partial charge is 0.486 e. The van der Waals surface area contributed by atoms with Crippen molar-refractivity contribution in [1.82, 2.24) is 0 Å². The van der Waals surface area contributed by atoms with Crippen molar-refractivity contribution >= 4 is 12.6 Å². The molecule has 1 aliphatic heterocycles. The van der Waals surface area contributed by atoms with Crippen molar-refractivity contribution in [3.8, 4) is 0 Å². The lowest BCUT2D eigenvalue weighted by atomic mass is 10.4. The van der Waals surface area contributed by atoms with Gasteiger partial charge >= 0.3 is 0 Å². The van der Waals surface area contributed by atoms with Gasteiger partial charge in [0.1, 0.15) is 13.2 Å². The average molecular weight is 158 g/mol. The molecule has 56 valence electrons. The third kappa shape index (κ3) is 1.48. The van der Waals surface area contributed by atoms with E-state index < -0.39 is 0 Å². The van der Waals surface area contributed by atoms with Gasteiger partial charge in [-0.3, -0.25) is 0 Å². The van der Waals surface area contributed by atoms with Crippen molar-refractivity contribution in [3.63, 3.8) is 0 Å². The van der Waals surface area contributed by atoms with Crippen LogP contribution in [0.4, 0.5) is 0 Å². The zero-order valence-electron chi connectivity index (χ0n) is 5.83. The molecule has 3 heteroatoms. The molecule has 10 heavy (non-hydrogen) atoms. The molecule has 0 saturated carbocycles. The third-order valence-electron chi connectivity index (χ3n) is 1.22. The number of thiol groups is 1. The highest BCUT2D eigenvalue weighted by atomic mass is 32.1. The van der Waals surface area contributed by atoms with Crippen LogP contribution in [-0.2, 0) is 9.47 Å². The molecule has 0 unspecified atom stereocenters. The summed E-state index contributed by atoms with van der Waals surface area (Å²) in [4.78, 5) is 0. The molecule has 0 N–H and O–H groups in total. The molecule has 0 aromatic carbocycles. The molecule has 0 amide bonds. The molecule has 1 fully saturated rings. The first-order valence-corrected chi connectivity index (χ1v) is 3.66. The molecule has 1 saturated heterocycles. The molecule has 0 aromatic heterocycles. The lowest BCUT2D eigenvalue weighted by molar-refractivity contribution is 0.0599. The predicted octanol–water partition coefficient (Wildman–Crippen LogP) is 1.71. The van der Waals surface area contributed by atoms with Crippen molar-refractivity contribution in [2.75, 3.05) is 13.2 Å². The highest BCUT2D eigenvalue weighted by Gasteiger charge is 2.11. The van der Waals surface area contributed by atoms with Gasteiger partial charge in [0.25, 0.3) is 0 Å². The van der Waals surface area contributed by atoms with Crippen LogP contribution < -0.4 is 0 Å². The molecule has 1 rings (SSSR count). The van der Waals surface area contributed by atoms with E-state index >= 15 is 0 Å². The van der Waals surface area contributed by atoms with Crippen LogP contribution >= 0.6 is 12.6 Å². The second kappa shape index (κ2) is 3.56. The van der Waals surface area contributed by atoms with Crippen molar-refractivity contribution in [2.45, 2.75) is 6.92 Å². The molecule has 1 heterocycles. The molecule has 0 bridgehead atoms. The minimum atomic E-state index is 0.615. The molecule has 0 radical (unpaired) electrons. The number of allylic oxidation sites excluding steroid dienone is 1. The Morgan fingerprint density at radius 1 is 1.30 bits per heavy atom. The second-order valence-corrected chi connectivity index (χ2v) is 2.10. The van der Waals surface area contributed by atoms with Crippen LogP contribution in [0.1, 0.15) is 6.92 Å². The summed E-state index contributed by atoms with van der Waals surface area (Å²) in [5.41, 5.74) is 0. The maximum atomic E-state index is 5.25. The molecule has 2 nitrogen and oxygen atoms in total. The highest BCUT2D eigenvalue weighted by molar-refractivity contribution is 7.83. The van der Waals surface area contributed by atoms with E-state index in [4.69, 9.17) is 9.47 Å². The first-order chi connectivity index (χ1) is 4.88. The van der Waals surface area contributed by atoms with Gasteiger partial charge < -0.3 is 9.47 Å². The second-order valence-electron chi connectivity index (χ2n) is 1.84. The molecular formula is C7H10O2S. The summed E-state index contributed by atoms with van der Waals surface area (Å²) >= 11 is 3.97. The summed E-state index contributed by atoms with van der Waals surface area (Å²) in [5, 5.41) is 1.61. The first kappa shape index (κ1) is 7.54. The van der Waals surface area contributed by atoms with Crippen molar-refractivity contribution in [3.05, 3.63) is 23.0 Å². The maximum Gasteiger partial charge on any atom is 0.167 e. The minimum absolute atomic E-state index is 0.615. The van der Waals surface area contributed by atoms with Gasteiger partial charge in [0.15, 0.2) is 11.5 Å². The fraction of sp³-hybridized carbons (Fsp3) is 0.429. The molecule has 0 spiro atoms. The lowest BCUT2D eigenvalue weighted by Gasteiger charge is -2.19. The van der Waals surface area contributed by atoms with Gasteiger partial charge in [-0.1, -0.05) is 0 Å². The SMILES string of the molecule is C/C=C1\OCCO\C1=C\S. The first-order valence-electron chi connectivity index (χ1n) is 3.15. The van der Waals surface area contributed by atoms with Crippen molar-refractivity contribution in [2.24, 2.45) is 0 Å². The van der Waals surface area contributed by atoms with Crippen LogP contribution in [-0.4, -0.2) is 13.2 Å². The highest BCUT2D eigenvalue weighted by Crippen LogP contribution is 2.17. The van der Waals surface area contributed by atoms with E-state index in [1.165, 1.54) is 0 Å². The van der Waals surface area contributed by atoms with Gasteiger partial charge in [0.2, 0.25) is 0 Å². The van der Waals surface area contributed by atoms with Gasteiger partial charge in [-0.25, -0.2) is 0 Å². The standard InChI is InChI=1S/C7H10O2S/c1-2-6-7(5-10)9-4-3-8-6/h2,5,10H,3-4H2,1H3/b6-2-,7-5+. The Morgan fingerprint density at radius 2 is 1.90 bits per heavy atom. The van der Waals surface area contributed by atoms with Crippen LogP contribution in [0, 0.1) is 0 Å². The average Bonchev–Trinajstić information content (AvgIpc) is 2.04. The minimum Gasteiger partial charge on any atom is -0.486 e. The maximum absolute atomic E-state index is 5.25. The normalized spacial score (nSPS) is 26.2. The van der Waals surface area contributed by atoms with Gasteiger partial charge in [-0.15, -0.1) is 12.6 Å². The smallest absolute Gasteiger partial charge is 0.167 e. The fourth-order valence-electron chi connectivity index (χ4n) is 0.772. The summed E-state index contributed by atoms with van der Waals surface area (Å²) in [6.45, 7) is 3.15. The summed E-state index contributed by atoms with van der Waals surface area (Å²) in [5.74, 6) is 1.50. The zero-order chi connectivity index (χ0) is 7.40. The number of hydrogen-bond donors (Lipinski definition) is 1. The Kier molecular flexibility index (Phi) is 2.68. The number of hydrogen-bond acceptors (Lipinski definition) is 3. The molecule has 0 aliphatic carbocycles. The van der Waals surface area contributed by atoms with E-state index in [0.717, 1.165) is 11.5 Å². The lowest BCUT2D eigenvalue weighted by Crippen LogP contribution is -2.13. The summed E-state index contributed by atoms with van der Waals surface area (Å²) in [7, 11) is 0. The van der Waals surface area contributed by atoms with Crippen LogP contribution in [0.3, 0.4) is 0 Å². The Hall–Kier alpha value is -0.570. The molecule has 0 atom stereocenters. The Bertz CT molecular complexity index is 152. The van der Waals surface area contributed by atoms with Gasteiger partial charge in [-0.2, -0.15) is 0 Å². The topological polar surface area (TPSA) is 18.5 Å². The van der Waals surface area contributed by atoms with Crippen LogP contribution in [0.5, 0.6) is 0 Å². The molecular weight excluding hydrogens is 148 g/mol. The van der Waals surface area contributed by atoms with E-state index in [0.29, 0.717) is 13.2 Å². The van der Waals surface area contributed by atoms with Crippen LogP contribution in [0.15, 0.2) is 23.0 Å². The Labute approximate surface area is 65.9 Å². The monoisotopic (exact) mass is 158 g/mol. The molecule has 0 aromatic rings. The Morgan fingerprint density at radius 3 is 2.30 bits per heavy atom. The summed E-state index contributed by atoms with van der Waals surface area (Å²) in [6, 6.07) is 0. The van der Waals surface area contributed by atoms with Gasteiger partial charge in [0, 0.05) is 5.41 Å². The van der Waals surface area contributed by atoms with Crippen molar-refractivity contribution in [1.29, 1.82) is 0 Å². The number of rotatable bonds is 0. The van der Waals surface area contributed by atoms with Crippen molar-refractivity contribution < 1.29 is 9.47 Å². The third-order valence-corrected chi connectivity index (χ3v) is 1.46. The fourth-order valence-corrected chi connectivity index (χ4v) is 0.974. The zero-order valence-corrected chi connectivity index (χ0v) is 6.73. The van der Waals surface area contributed by atoms with E-state index in [-0.39, 0.29) is 0 Å². The van der Waals surface area contributed by atoms with Crippen LogP contribution in [0.2, 0.25) is 0 Å². The molecule has 1 aliphatic rings. The van der Waals surface area contributed by atoms with Gasteiger partial charge in [0.05, 0.1) is 0 Å². The Balaban J connectivity index is 2.69.